The molecular formula is C19H18N2O4. The maximum atomic E-state index is 12.3. The van der Waals surface area contributed by atoms with Crippen molar-refractivity contribution in [3.8, 4) is 0 Å². The summed E-state index contributed by atoms with van der Waals surface area (Å²) in [5.74, 6) is -2.37. The van der Waals surface area contributed by atoms with E-state index in [4.69, 9.17) is 5.11 Å². The Morgan fingerprint density at radius 2 is 1.56 bits per heavy atom. The summed E-state index contributed by atoms with van der Waals surface area (Å²) in [6.45, 7) is 2.01. The van der Waals surface area contributed by atoms with Crippen molar-refractivity contribution in [3.63, 3.8) is 0 Å². The Labute approximate surface area is 144 Å². The summed E-state index contributed by atoms with van der Waals surface area (Å²) in [7, 11) is 0. The predicted octanol–water partition coefficient (Wildman–Crippen LogP) is 2.12. The number of carboxylic acids is 1. The molecule has 128 valence electrons. The number of rotatable bonds is 4. The second kappa shape index (κ2) is 6.39. The quantitative estimate of drug-likeness (QED) is 0.744. The number of aromatic carboxylic acids is 1. The average Bonchev–Trinajstić information content (AvgIpc) is 3.33. The van der Waals surface area contributed by atoms with Crippen LogP contribution in [0.3, 0.4) is 0 Å². The highest BCUT2D eigenvalue weighted by molar-refractivity contribution is 6.05. The first-order valence-corrected chi connectivity index (χ1v) is 7.91. The number of carbonyl (C=O) groups excluding carboxylic acids is 2. The predicted molar refractivity (Wildman–Crippen MR) is 90.9 cm³/mol. The number of amides is 2. The number of carbonyl (C=O) groups is 3. The normalized spacial score (nSPS) is 21.2. The fraction of sp³-hybridized carbons (Fsp3) is 0.211. The van der Waals surface area contributed by atoms with Crippen LogP contribution in [0.1, 0.15) is 39.6 Å². The van der Waals surface area contributed by atoms with Crippen LogP contribution < -0.4 is 10.9 Å². The van der Waals surface area contributed by atoms with Crippen LogP contribution in [0.15, 0.2) is 54.6 Å². The molecule has 25 heavy (non-hydrogen) atoms. The third kappa shape index (κ3) is 3.24. The van der Waals surface area contributed by atoms with E-state index >= 15 is 0 Å². The molecule has 3 rings (SSSR count). The van der Waals surface area contributed by atoms with E-state index in [0.717, 1.165) is 5.56 Å². The van der Waals surface area contributed by atoms with Crippen LogP contribution >= 0.6 is 0 Å². The van der Waals surface area contributed by atoms with E-state index in [-0.39, 0.29) is 28.4 Å². The minimum Gasteiger partial charge on any atom is -0.478 e. The minimum atomic E-state index is -1.20. The Kier molecular flexibility index (Phi) is 4.27. The zero-order valence-corrected chi connectivity index (χ0v) is 13.7. The third-order valence-electron chi connectivity index (χ3n) is 4.69. The molecule has 3 N–H and O–H groups in total. The third-order valence-corrected chi connectivity index (χ3v) is 4.69. The minimum absolute atomic E-state index is 0.00285. The molecule has 1 saturated carbocycles. The van der Waals surface area contributed by atoms with E-state index in [1.54, 1.807) is 6.07 Å². The first-order chi connectivity index (χ1) is 11.9. The van der Waals surface area contributed by atoms with Crippen molar-refractivity contribution in [2.45, 2.75) is 18.8 Å². The lowest BCUT2D eigenvalue weighted by atomic mass is 9.95. The lowest BCUT2D eigenvalue weighted by Gasteiger charge is -2.13. The average molecular weight is 338 g/mol. The van der Waals surface area contributed by atoms with Gasteiger partial charge in [-0.15, -0.1) is 0 Å². The van der Waals surface area contributed by atoms with Gasteiger partial charge in [-0.2, -0.15) is 0 Å². The molecule has 0 radical (unpaired) electrons. The topological polar surface area (TPSA) is 95.5 Å². The number of hydrazine groups is 1. The molecule has 2 aromatic carbocycles. The van der Waals surface area contributed by atoms with Gasteiger partial charge in [0.1, 0.15) is 0 Å². The standard InChI is InChI=1S/C19H18N2O4/c1-19(12-7-3-2-4-8-12)11-15(19)17(23)21-20-16(22)13-9-5-6-10-14(13)18(24)25/h2-10,15H,11H2,1H3,(H,20,22)(H,21,23)(H,24,25)/t15-,19+/m1/s1. The smallest absolute Gasteiger partial charge is 0.336 e. The maximum Gasteiger partial charge on any atom is 0.336 e. The van der Waals surface area contributed by atoms with Gasteiger partial charge in [0.2, 0.25) is 5.91 Å². The molecule has 1 aliphatic carbocycles. The Hall–Kier alpha value is -3.15. The van der Waals surface area contributed by atoms with Gasteiger partial charge in [-0.25, -0.2) is 4.79 Å². The first kappa shape index (κ1) is 16.7. The number of hydrogen-bond acceptors (Lipinski definition) is 3. The van der Waals surface area contributed by atoms with Crippen LogP contribution in [0.25, 0.3) is 0 Å². The van der Waals surface area contributed by atoms with Crippen molar-refractivity contribution < 1.29 is 19.5 Å². The molecule has 0 unspecified atom stereocenters. The fourth-order valence-electron chi connectivity index (χ4n) is 3.03. The number of carboxylic acid groups (broad SMARTS) is 1. The van der Waals surface area contributed by atoms with Crippen molar-refractivity contribution in [2.24, 2.45) is 5.92 Å². The van der Waals surface area contributed by atoms with E-state index in [1.807, 2.05) is 37.3 Å². The number of hydrogen-bond donors (Lipinski definition) is 3. The molecule has 0 aromatic heterocycles. The van der Waals surface area contributed by atoms with Crippen molar-refractivity contribution >= 4 is 17.8 Å². The Morgan fingerprint density at radius 1 is 0.960 bits per heavy atom. The van der Waals surface area contributed by atoms with Gasteiger partial charge in [0.15, 0.2) is 0 Å². The van der Waals surface area contributed by atoms with Crippen LogP contribution in [0.4, 0.5) is 0 Å². The molecule has 6 nitrogen and oxygen atoms in total. The van der Waals surface area contributed by atoms with Gasteiger partial charge < -0.3 is 5.11 Å². The lowest BCUT2D eigenvalue weighted by Crippen LogP contribution is -2.43. The molecule has 0 heterocycles. The highest BCUT2D eigenvalue weighted by Crippen LogP contribution is 2.53. The van der Waals surface area contributed by atoms with E-state index in [1.165, 1.54) is 18.2 Å². The zero-order valence-electron chi connectivity index (χ0n) is 13.7. The summed E-state index contributed by atoms with van der Waals surface area (Å²) in [5.41, 5.74) is 5.43. The molecule has 6 heteroatoms. The largest absolute Gasteiger partial charge is 0.478 e. The fourth-order valence-corrected chi connectivity index (χ4v) is 3.03. The van der Waals surface area contributed by atoms with Crippen LogP contribution in [-0.2, 0) is 10.2 Å². The summed E-state index contributed by atoms with van der Waals surface area (Å²) in [6.07, 6.45) is 0.699. The molecule has 1 aliphatic rings. The van der Waals surface area contributed by atoms with E-state index in [2.05, 4.69) is 10.9 Å². The van der Waals surface area contributed by atoms with Crippen molar-refractivity contribution in [1.29, 1.82) is 0 Å². The molecule has 1 fully saturated rings. The number of benzene rings is 2. The number of nitrogens with one attached hydrogen (secondary N) is 2. The summed E-state index contributed by atoms with van der Waals surface area (Å²) < 4.78 is 0. The molecule has 2 aromatic rings. The van der Waals surface area contributed by atoms with Gasteiger partial charge in [0, 0.05) is 11.3 Å². The first-order valence-electron chi connectivity index (χ1n) is 7.91. The van der Waals surface area contributed by atoms with Gasteiger partial charge in [-0.05, 0) is 24.1 Å². The monoisotopic (exact) mass is 338 g/mol. The van der Waals surface area contributed by atoms with Gasteiger partial charge in [0.25, 0.3) is 5.91 Å². The molecule has 0 bridgehead atoms. The summed E-state index contributed by atoms with van der Waals surface area (Å²) in [6, 6.07) is 15.6. The SMILES string of the molecule is C[C@@]1(c2ccccc2)C[C@@H]1C(=O)NNC(=O)c1ccccc1C(=O)O. The van der Waals surface area contributed by atoms with Gasteiger partial charge >= 0.3 is 5.97 Å². The van der Waals surface area contributed by atoms with E-state index in [9.17, 15) is 14.4 Å². The Morgan fingerprint density at radius 3 is 2.20 bits per heavy atom. The molecule has 2 amide bonds. The lowest BCUT2D eigenvalue weighted by molar-refractivity contribution is -0.123. The summed E-state index contributed by atoms with van der Waals surface area (Å²) in [4.78, 5) is 35.6. The van der Waals surface area contributed by atoms with E-state index in [0.29, 0.717) is 6.42 Å². The van der Waals surface area contributed by atoms with Crippen LogP contribution in [0.2, 0.25) is 0 Å². The van der Waals surface area contributed by atoms with E-state index < -0.39 is 11.9 Å². The Bertz CT molecular complexity index is 834. The van der Waals surface area contributed by atoms with Crippen LogP contribution in [0.5, 0.6) is 0 Å². The molecule has 0 saturated heterocycles. The maximum absolute atomic E-state index is 12.3. The second-order valence-corrected chi connectivity index (χ2v) is 6.33. The molecule has 0 spiro atoms. The zero-order chi connectivity index (χ0) is 18.0. The Balaban J connectivity index is 1.63. The summed E-state index contributed by atoms with van der Waals surface area (Å²) >= 11 is 0. The van der Waals surface area contributed by atoms with Crippen molar-refractivity contribution in [1.82, 2.24) is 10.9 Å². The van der Waals surface area contributed by atoms with Crippen molar-refractivity contribution in [2.75, 3.05) is 0 Å². The van der Waals surface area contributed by atoms with Gasteiger partial charge in [-0.1, -0.05) is 49.4 Å². The van der Waals surface area contributed by atoms with Crippen molar-refractivity contribution in [3.05, 3.63) is 71.3 Å². The molecular weight excluding hydrogens is 320 g/mol. The second-order valence-electron chi connectivity index (χ2n) is 6.33. The highest BCUT2D eigenvalue weighted by atomic mass is 16.4. The van der Waals surface area contributed by atoms with Crippen LogP contribution in [0, 0.1) is 5.92 Å². The highest BCUT2D eigenvalue weighted by Gasteiger charge is 2.55. The molecule has 2 atom stereocenters. The van der Waals surface area contributed by atoms with Gasteiger partial charge in [0.05, 0.1) is 11.1 Å². The van der Waals surface area contributed by atoms with Gasteiger partial charge in [-0.3, -0.25) is 20.4 Å². The molecule has 0 aliphatic heterocycles. The van der Waals surface area contributed by atoms with Crippen LogP contribution in [-0.4, -0.2) is 22.9 Å². The summed E-state index contributed by atoms with van der Waals surface area (Å²) in [5, 5.41) is 9.12.